The van der Waals surface area contributed by atoms with Crippen molar-refractivity contribution in [1.29, 1.82) is 0 Å². The van der Waals surface area contributed by atoms with Gasteiger partial charge in [0.1, 0.15) is 12.1 Å². The number of aryl methyl sites for hydroxylation is 1. The highest BCUT2D eigenvalue weighted by molar-refractivity contribution is 5.67. The first kappa shape index (κ1) is 14.2. The van der Waals surface area contributed by atoms with Crippen molar-refractivity contribution in [3.05, 3.63) is 72.7 Å². The number of nitrogens with one attached hydrogen (secondary N) is 2. The number of rotatable bonds is 4. The Kier molecular flexibility index (Phi) is 3.55. The standard InChI is InChI=1S/C18H16N6/c1-13-10-17(24-18(21-13)19-12-20-24)23-16-9-5-8-15(11-16)22-14-6-3-2-4-7-14/h2-12,22-23H,1H3. The van der Waals surface area contributed by atoms with Crippen LogP contribution in [0.25, 0.3) is 5.78 Å². The van der Waals surface area contributed by atoms with Crippen LogP contribution in [0.2, 0.25) is 0 Å². The molecule has 0 amide bonds. The van der Waals surface area contributed by atoms with Crippen LogP contribution in [0.5, 0.6) is 0 Å². The quantitative estimate of drug-likeness (QED) is 0.597. The predicted molar refractivity (Wildman–Crippen MR) is 95.0 cm³/mol. The second-order valence-corrected chi connectivity index (χ2v) is 5.45. The number of hydrogen-bond acceptors (Lipinski definition) is 5. The summed E-state index contributed by atoms with van der Waals surface area (Å²) in [5, 5.41) is 11.0. The molecule has 0 aliphatic rings. The number of aromatic nitrogens is 4. The molecule has 2 aromatic heterocycles. The molecule has 0 unspecified atom stereocenters. The van der Waals surface area contributed by atoms with Gasteiger partial charge in [0, 0.05) is 28.8 Å². The summed E-state index contributed by atoms with van der Waals surface area (Å²) >= 11 is 0. The van der Waals surface area contributed by atoms with E-state index >= 15 is 0 Å². The van der Waals surface area contributed by atoms with E-state index in [9.17, 15) is 0 Å². The summed E-state index contributed by atoms with van der Waals surface area (Å²) in [6, 6.07) is 20.1. The minimum Gasteiger partial charge on any atom is -0.355 e. The first-order valence-electron chi connectivity index (χ1n) is 7.64. The lowest BCUT2D eigenvalue weighted by molar-refractivity contribution is 0.937. The molecule has 0 fully saturated rings. The third kappa shape index (κ3) is 2.89. The molecule has 2 N–H and O–H groups in total. The summed E-state index contributed by atoms with van der Waals surface area (Å²) in [5.41, 5.74) is 3.90. The lowest BCUT2D eigenvalue weighted by atomic mass is 10.2. The van der Waals surface area contributed by atoms with Crippen molar-refractivity contribution in [2.75, 3.05) is 10.6 Å². The van der Waals surface area contributed by atoms with Crippen LogP contribution in [-0.2, 0) is 0 Å². The van der Waals surface area contributed by atoms with E-state index in [0.29, 0.717) is 5.78 Å². The van der Waals surface area contributed by atoms with Crippen LogP contribution < -0.4 is 10.6 Å². The van der Waals surface area contributed by atoms with Crippen LogP contribution in [0.15, 0.2) is 67.0 Å². The molecule has 4 aromatic rings. The van der Waals surface area contributed by atoms with Crippen LogP contribution >= 0.6 is 0 Å². The highest BCUT2D eigenvalue weighted by atomic mass is 15.3. The van der Waals surface area contributed by atoms with Gasteiger partial charge < -0.3 is 10.6 Å². The molecule has 118 valence electrons. The van der Waals surface area contributed by atoms with E-state index < -0.39 is 0 Å². The van der Waals surface area contributed by atoms with E-state index in [1.807, 2.05) is 67.6 Å². The van der Waals surface area contributed by atoms with Gasteiger partial charge in [-0.3, -0.25) is 0 Å². The van der Waals surface area contributed by atoms with Gasteiger partial charge in [-0.2, -0.15) is 14.6 Å². The van der Waals surface area contributed by atoms with Gasteiger partial charge in [0.2, 0.25) is 0 Å². The minimum atomic E-state index is 0.580. The molecule has 0 saturated carbocycles. The summed E-state index contributed by atoms with van der Waals surface area (Å²) in [5.74, 6) is 1.41. The Bertz CT molecular complexity index is 977. The zero-order valence-corrected chi connectivity index (χ0v) is 13.1. The summed E-state index contributed by atoms with van der Waals surface area (Å²) in [6.45, 7) is 1.94. The normalized spacial score (nSPS) is 10.7. The van der Waals surface area contributed by atoms with Crippen LogP contribution in [0.1, 0.15) is 5.69 Å². The van der Waals surface area contributed by atoms with E-state index in [1.165, 1.54) is 6.33 Å². The van der Waals surface area contributed by atoms with Gasteiger partial charge in [0.05, 0.1) is 0 Å². The van der Waals surface area contributed by atoms with Crippen molar-refractivity contribution in [2.24, 2.45) is 0 Å². The fraction of sp³-hybridized carbons (Fsp3) is 0.0556. The second kappa shape index (κ2) is 6.00. The largest absolute Gasteiger partial charge is 0.355 e. The van der Waals surface area contributed by atoms with E-state index in [2.05, 4.69) is 25.7 Å². The number of para-hydroxylation sites is 1. The van der Waals surface area contributed by atoms with Crippen molar-refractivity contribution < 1.29 is 0 Å². The maximum absolute atomic E-state index is 4.35. The third-order valence-electron chi connectivity index (χ3n) is 3.58. The van der Waals surface area contributed by atoms with Crippen LogP contribution in [0.3, 0.4) is 0 Å². The molecule has 6 heteroatoms. The molecule has 0 saturated heterocycles. The molecule has 4 rings (SSSR count). The summed E-state index contributed by atoms with van der Waals surface area (Å²) in [4.78, 5) is 8.49. The average molecular weight is 316 g/mol. The zero-order valence-electron chi connectivity index (χ0n) is 13.1. The fourth-order valence-corrected chi connectivity index (χ4v) is 2.53. The predicted octanol–water partition coefficient (Wildman–Crippen LogP) is 3.92. The molecule has 2 aromatic carbocycles. The zero-order chi connectivity index (χ0) is 16.4. The highest BCUT2D eigenvalue weighted by Gasteiger charge is 2.06. The molecular weight excluding hydrogens is 300 g/mol. The Morgan fingerprint density at radius 1 is 0.833 bits per heavy atom. The van der Waals surface area contributed by atoms with Gasteiger partial charge in [-0.15, -0.1) is 0 Å². The van der Waals surface area contributed by atoms with Crippen molar-refractivity contribution in [3.8, 4) is 0 Å². The Morgan fingerprint density at radius 3 is 2.42 bits per heavy atom. The van der Waals surface area contributed by atoms with E-state index in [4.69, 9.17) is 0 Å². The Balaban J connectivity index is 1.63. The average Bonchev–Trinajstić information content (AvgIpc) is 3.04. The summed E-state index contributed by atoms with van der Waals surface area (Å²) < 4.78 is 1.68. The van der Waals surface area contributed by atoms with Crippen LogP contribution in [0.4, 0.5) is 22.9 Å². The highest BCUT2D eigenvalue weighted by Crippen LogP contribution is 2.23. The molecule has 0 aliphatic heterocycles. The van der Waals surface area contributed by atoms with Crippen molar-refractivity contribution >= 4 is 28.7 Å². The maximum Gasteiger partial charge on any atom is 0.254 e. The van der Waals surface area contributed by atoms with Gasteiger partial charge in [-0.05, 0) is 37.3 Å². The Morgan fingerprint density at radius 2 is 1.58 bits per heavy atom. The molecule has 2 heterocycles. The third-order valence-corrected chi connectivity index (χ3v) is 3.58. The number of anilines is 4. The molecule has 0 bridgehead atoms. The van der Waals surface area contributed by atoms with Gasteiger partial charge >= 0.3 is 0 Å². The van der Waals surface area contributed by atoms with Gasteiger partial charge in [0.25, 0.3) is 5.78 Å². The molecule has 0 atom stereocenters. The van der Waals surface area contributed by atoms with Gasteiger partial charge in [0.15, 0.2) is 0 Å². The van der Waals surface area contributed by atoms with Crippen LogP contribution in [0, 0.1) is 6.92 Å². The number of nitrogens with zero attached hydrogens (tertiary/aromatic N) is 4. The van der Waals surface area contributed by atoms with E-state index in [1.54, 1.807) is 4.52 Å². The molecular formula is C18H16N6. The molecule has 0 spiro atoms. The van der Waals surface area contributed by atoms with Crippen molar-refractivity contribution in [2.45, 2.75) is 6.92 Å². The lowest BCUT2D eigenvalue weighted by Gasteiger charge is -2.11. The summed E-state index contributed by atoms with van der Waals surface area (Å²) in [6.07, 6.45) is 1.50. The first-order valence-corrected chi connectivity index (χ1v) is 7.64. The fourth-order valence-electron chi connectivity index (χ4n) is 2.53. The Hall–Kier alpha value is -3.41. The second-order valence-electron chi connectivity index (χ2n) is 5.45. The van der Waals surface area contributed by atoms with Crippen molar-refractivity contribution in [3.63, 3.8) is 0 Å². The smallest absolute Gasteiger partial charge is 0.254 e. The monoisotopic (exact) mass is 316 g/mol. The molecule has 0 aliphatic carbocycles. The summed E-state index contributed by atoms with van der Waals surface area (Å²) in [7, 11) is 0. The lowest BCUT2D eigenvalue weighted by Crippen LogP contribution is -2.02. The van der Waals surface area contributed by atoms with Crippen molar-refractivity contribution in [1.82, 2.24) is 19.6 Å². The molecule has 24 heavy (non-hydrogen) atoms. The number of fused-ring (bicyclic) bond motifs is 1. The van der Waals surface area contributed by atoms with Gasteiger partial charge in [-0.1, -0.05) is 24.3 Å². The minimum absolute atomic E-state index is 0.580. The number of benzene rings is 2. The van der Waals surface area contributed by atoms with E-state index in [-0.39, 0.29) is 0 Å². The topological polar surface area (TPSA) is 67.1 Å². The SMILES string of the molecule is Cc1cc(Nc2cccc(Nc3ccccc3)c2)n2ncnc2n1. The van der Waals surface area contributed by atoms with E-state index in [0.717, 1.165) is 28.6 Å². The molecule has 6 nitrogen and oxygen atoms in total. The van der Waals surface area contributed by atoms with Gasteiger partial charge in [-0.25, -0.2) is 4.98 Å². The number of hydrogen-bond donors (Lipinski definition) is 2. The Labute approximate surface area is 139 Å². The maximum atomic E-state index is 4.35. The molecule has 0 radical (unpaired) electrons. The van der Waals surface area contributed by atoms with Crippen LogP contribution in [-0.4, -0.2) is 19.6 Å². The first-order chi connectivity index (χ1) is 11.8.